The van der Waals surface area contributed by atoms with Gasteiger partial charge in [-0.25, -0.2) is 0 Å². The lowest BCUT2D eigenvalue weighted by molar-refractivity contribution is -0.146. The van der Waals surface area contributed by atoms with Crippen molar-refractivity contribution in [3.63, 3.8) is 0 Å². The van der Waals surface area contributed by atoms with Crippen molar-refractivity contribution < 1.29 is 13.9 Å². The molecule has 0 aliphatic heterocycles. The highest BCUT2D eigenvalue weighted by molar-refractivity contribution is 7.99. The number of furan rings is 1. The number of thioether (sulfide) groups is 1. The van der Waals surface area contributed by atoms with Crippen LogP contribution in [0, 0.1) is 6.92 Å². The molecule has 0 amide bonds. The zero-order chi connectivity index (χ0) is 13.6. The smallest absolute Gasteiger partial charge is 0.326 e. The first-order valence-corrected chi connectivity index (χ1v) is 7.02. The van der Waals surface area contributed by atoms with Crippen molar-refractivity contribution in [1.82, 2.24) is 5.32 Å². The predicted molar refractivity (Wildman–Crippen MR) is 72.9 cm³/mol. The van der Waals surface area contributed by atoms with E-state index in [4.69, 9.17) is 9.15 Å². The van der Waals surface area contributed by atoms with E-state index in [2.05, 4.69) is 12.2 Å². The van der Waals surface area contributed by atoms with E-state index in [0.717, 1.165) is 23.6 Å². The molecule has 1 rings (SSSR count). The van der Waals surface area contributed by atoms with Crippen LogP contribution in [0.1, 0.15) is 26.0 Å². The molecule has 0 aliphatic rings. The normalized spacial score (nSPS) is 14.2. The molecule has 0 bridgehead atoms. The summed E-state index contributed by atoms with van der Waals surface area (Å²) in [5.74, 6) is 1.26. The maximum absolute atomic E-state index is 11.9. The van der Waals surface area contributed by atoms with E-state index in [1.807, 2.05) is 19.9 Å². The second-order valence-electron chi connectivity index (χ2n) is 4.38. The average Bonchev–Trinajstić information content (AvgIpc) is 2.78. The Morgan fingerprint density at radius 2 is 2.33 bits per heavy atom. The summed E-state index contributed by atoms with van der Waals surface area (Å²) in [5, 5.41) is 3.25. The second kappa shape index (κ2) is 6.85. The highest BCUT2D eigenvalue weighted by Crippen LogP contribution is 2.27. The molecular weight excluding hydrogens is 250 g/mol. The summed E-state index contributed by atoms with van der Waals surface area (Å²) in [5.41, 5.74) is -0.668. The summed E-state index contributed by atoms with van der Waals surface area (Å²) >= 11 is 1.60. The second-order valence-corrected chi connectivity index (χ2v) is 5.40. The number of hydrogen-bond donors (Lipinski definition) is 1. The van der Waals surface area contributed by atoms with Gasteiger partial charge in [0, 0.05) is 10.6 Å². The molecule has 5 heteroatoms. The van der Waals surface area contributed by atoms with Crippen LogP contribution < -0.4 is 5.32 Å². The van der Waals surface area contributed by atoms with Crippen LogP contribution >= 0.6 is 11.8 Å². The fourth-order valence-corrected chi connectivity index (χ4v) is 2.62. The Balaban J connectivity index is 2.67. The molecule has 1 N–H and O–H groups in total. The van der Waals surface area contributed by atoms with Crippen LogP contribution in [-0.4, -0.2) is 30.9 Å². The Morgan fingerprint density at radius 1 is 1.61 bits per heavy atom. The molecule has 0 fully saturated rings. The fraction of sp³-hybridized carbons (Fsp3) is 0.615. The van der Waals surface area contributed by atoms with E-state index in [9.17, 15) is 4.79 Å². The highest BCUT2D eigenvalue weighted by Gasteiger charge is 2.33. The van der Waals surface area contributed by atoms with Crippen LogP contribution in [0.3, 0.4) is 0 Å². The lowest BCUT2D eigenvalue weighted by Gasteiger charge is -2.27. The molecule has 1 unspecified atom stereocenters. The van der Waals surface area contributed by atoms with E-state index in [1.54, 1.807) is 18.0 Å². The number of esters is 1. The van der Waals surface area contributed by atoms with Gasteiger partial charge in [0.15, 0.2) is 0 Å². The number of ether oxygens (including phenoxy) is 1. The monoisotopic (exact) mass is 271 g/mol. The summed E-state index contributed by atoms with van der Waals surface area (Å²) in [6.07, 6.45) is 2.63. The minimum atomic E-state index is -0.668. The quantitative estimate of drug-likeness (QED) is 0.610. The highest BCUT2D eigenvalue weighted by atomic mass is 32.2. The van der Waals surface area contributed by atoms with Crippen LogP contribution in [0.2, 0.25) is 0 Å². The first kappa shape index (κ1) is 15.1. The number of hydrogen-bond acceptors (Lipinski definition) is 5. The van der Waals surface area contributed by atoms with Crippen molar-refractivity contribution >= 4 is 17.7 Å². The Labute approximate surface area is 112 Å². The van der Waals surface area contributed by atoms with Crippen LogP contribution in [0.25, 0.3) is 0 Å². The number of rotatable bonds is 7. The molecule has 1 aromatic rings. The van der Waals surface area contributed by atoms with E-state index >= 15 is 0 Å². The lowest BCUT2D eigenvalue weighted by atomic mass is 10.1. The SMILES string of the molecule is CCCNC(C)(CSc1ccoc1C)C(=O)OC. The number of carbonyl (C=O) groups excluding carboxylic acids is 1. The van der Waals surface area contributed by atoms with E-state index in [1.165, 1.54) is 7.11 Å². The van der Waals surface area contributed by atoms with Crippen molar-refractivity contribution in [2.75, 3.05) is 19.4 Å². The topological polar surface area (TPSA) is 51.5 Å². The third kappa shape index (κ3) is 3.78. The molecule has 0 spiro atoms. The Morgan fingerprint density at radius 3 is 2.83 bits per heavy atom. The minimum absolute atomic E-state index is 0.232. The molecule has 1 atom stereocenters. The number of methoxy groups -OCH3 is 1. The van der Waals surface area contributed by atoms with Gasteiger partial charge in [-0.3, -0.25) is 4.79 Å². The van der Waals surface area contributed by atoms with Gasteiger partial charge in [0.25, 0.3) is 0 Å². The van der Waals surface area contributed by atoms with Crippen LogP contribution in [-0.2, 0) is 9.53 Å². The Hall–Kier alpha value is -0.940. The number of carbonyl (C=O) groups is 1. The maximum Gasteiger partial charge on any atom is 0.326 e. The molecule has 1 aromatic heterocycles. The molecular formula is C13H21NO3S. The number of aryl methyl sites for hydroxylation is 1. The zero-order valence-corrected chi connectivity index (χ0v) is 12.2. The fourth-order valence-electron chi connectivity index (χ4n) is 1.55. The predicted octanol–water partition coefficient (Wildman–Crippen LogP) is 2.61. The van der Waals surface area contributed by atoms with Crippen LogP contribution in [0.5, 0.6) is 0 Å². The summed E-state index contributed by atoms with van der Waals surface area (Å²) < 4.78 is 10.1. The number of nitrogens with one attached hydrogen (secondary N) is 1. The summed E-state index contributed by atoms with van der Waals surface area (Å²) in [4.78, 5) is 12.9. The zero-order valence-electron chi connectivity index (χ0n) is 11.4. The van der Waals surface area contributed by atoms with Crippen molar-refractivity contribution in [1.29, 1.82) is 0 Å². The van der Waals surface area contributed by atoms with Gasteiger partial charge >= 0.3 is 5.97 Å². The lowest BCUT2D eigenvalue weighted by Crippen LogP contribution is -2.52. The van der Waals surface area contributed by atoms with Gasteiger partial charge in [-0.2, -0.15) is 0 Å². The summed E-state index contributed by atoms with van der Waals surface area (Å²) in [6.45, 7) is 6.64. The molecule has 1 heterocycles. The Kier molecular flexibility index (Phi) is 5.75. The summed E-state index contributed by atoms with van der Waals surface area (Å²) in [7, 11) is 1.42. The largest absolute Gasteiger partial charge is 0.468 e. The standard InChI is InChI=1S/C13H21NO3S/c1-5-7-14-13(3,12(15)16-4)9-18-11-6-8-17-10(11)2/h6,8,14H,5,7,9H2,1-4H3. The molecule has 102 valence electrons. The van der Waals surface area contributed by atoms with E-state index in [-0.39, 0.29) is 5.97 Å². The van der Waals surface area contributed by atoms with Crippen LogP contribution in [0.4, 0.5) is 0 Å². The van der Waals surface area contributed by atoms with Gasteiger partial charge in [0.05, 0.1) is 13.4 Å². The van der Waals surface area contributed by atoms with Crippen molar-refractivity contribution in [2.45, 2.75) is 37.6 Å². The van der Waals surface area contributed by atoms with Crippen molar-refractivity contribution in [3.05, 3.63) is 18.1 Å². The third-order valence-corrected chi connectivity index (χ3v) is 4.18. The molecule has 0 aromatic carbocycles. The van der Waals surface area contributed by atoms with Gasteiger partial charge in [-0.1, -0.05) is 6.92 Å². The molecule has 0 saturated heterocycles. The van der Waals surface area contributed by atoms with E-state index in [0.29, 0.717) is 5.75 Å². The van der Waals surface area contributed by atoms with Gasteiger partial charge in [-0.05, 0) is 32.9 Å². The van der Waals surface area contributed by atoms with Crippen molar-refractivity contribution in [3.8, 4) is 0 Å². The molecule has 0 saturated carbocycles. The van der Waals surface area contributed by atoms with Gasteiger partial charge in [0.2, 0.25) is 0 Å². The Bertz CT molecular complexity index is 391. The summed E-state index contributed by atoms with van der Waals surface area (Å²) in [6, 6.07) is 1.91. The first-order valence-electron chi connectivity index (χ1n) is 6.04. The molecule has 0 aliphatic carbocycles. The average molecular weight is 271 g/mol. The molecule has 18 heavy (non-hydrogen) atoms. The van der Waals surface area contributed by atoms with Crippen LogP contribution in [0.15, 0.2) is 21.6 Å². The van der Waals surface area contributed by atoms with Crippen molar-refractivity contribution in [2.24, 2.45) is 0 Å². The molecule has 0 radical (unpaired) electrons. The minimum Gasteiger partial charge on any atom is -0.468 e. The van der Waals surface area contributed by atoms with Gasteiger partial charge in [-0.15, -0.1) is 11.8 Å². The van der Waals surface area contributed by atoms with Gasteiger partial charge < -0.3 is 14.5 Å². The first-order chi connectivity index (χ1) is 8.53. The maximum atomic E-state index is 11.9. The van der Waals surface area contributed by atoms with Gasteiger partial charge in [0.1, 0.15) is 11.3 Å². The molecule has 4 nitrogen and oxygen atoms in total. The van der Waals surface area contributed by atoms with E-state index < -0.39 is 5.54 Å². The third-order valence-electron chi connectivity index (χ3n) is 2.73.